The van der Waals surface area contributed by atoms with Gasteiger partial charge in [-0.3, -0.25) is 9.59 Å². The van der Waals surface area contributed by atoms with E-state index < -0.39 is 17.7 Å². The van der Waals surface area contributed by atoms with Crippen LogP contribution in [0.1, 0.15) is 6.92 Å². The van der Waals surface area contributed by atoms with Gasteiger partial charge in [0.2, 0.25) is 6.04 Å². The number of benzene rings is 2. The summed E-state index contributed by atoms with van der Waals surface area (Å²) < 4.78 is 20.7. The first-order valence-corrected chi connectivity index (χ1v) is 9.08. The molecule has 2 rings (SSSR count). The Labute approximate surface area is 178 Å². The summed E-state index contributed by atoms with van der Waals surface area (Å²) in [5.74, 6) is 0.291. The van der Waals surface area contributed by atoms with Gasteiger partial charge in [0.05, 0.1) is 34.1 Å². The standard InChI is InChI=1S/C20H22ClN3O6/c1-11(25)18(24-23-14-10-12(27-2)6-8-15(14)28-3)20(26)22-13-7-9-16(29-4)17(21)19(13)30-5/h6-10,18H,1-5H3,(H,22,26). The number of methoxy groups -OCH3 is 4. The molecule has 9 nitrogen and oxygen atoms in total. The molecule has 0 aliphatic rings. The van der Waals surface area contributed by atoms with E-state index in [9.17, 15) is 9.59 Å². The van der Waals surface area contributed by atoms with Crippen LogP contribution >= 0.6 is 11.6 Å². The van der Waals surface area contributed by atoms with Crippen molar-refractivity contribution in [3.05, 3.63) is 35.4 Å². The highest BCUT2D eigenvalue weighted by atomic mass is 35.5. The van der Waals surface area contributed by atoms with Crippen molar-refractivity contribution < 1.29 is 28.5 Å². The van der Waals surface area contributed by atoms with Gasteiger partial charge in [0, 0.05) is 6.07 Å². The third-order valence-electron chi connectivity index (χ3n) is 4.04. The lowest BCUT2D eigenvalue weighted by molar-refractivity contribution is -0.126. The maximum atomic E-state index is 12.7. The number of azo groups is 1. The molecule has 0 aliphatic heterocycles. The lowest BCUT2D eigenvalue weighted by Crippen LogP contribution is -2.32. The van der Waals surface area contributed by atoms with Crippen molar-refractivity contribution in [2.75, 3.05) is 33.8 Å². The zero-order chi connectivity index (χ0) is 22.3. The molecule has 1 N–H and O–H groups in total. The second kappa shape index (κ2) is 10.4. The molecule has 0 aliphatic carbocycles. The van der Waals surface area contributed by atoms with E-state index in [0.717, 1.165) is 0 Å². The van der Waals surface area contributed by atoms with Gasteiger partial charge in [-0.25, -0.2) is 0 Å². The Morgan fingerprint density at radius 1 is 0.967 bits per heavy atom. The minimum atomic E-state index is -1.40. The van der Waals surface area contributed by atoms with E-state index in [1.165, 1.54) is 35.4 Å². The first kappa shape index (κ1) is 23.0. The van der Waals surface area contributed by atoms with Gasteiger partial charge in [0.15, 0.2) is 11.5 Å². The highest BCUT2D eigenvalue weighted by Crippen LogP contribution is 2.40. The van der Waals surface area contributed by atoms with E-state index in [4.69, 9.17) is 30.5 Å². The number of ether oxygens (including phenoxy) is 4. The number of hydrogen-bond donors (Lipinski definition) is 1. The molecule has 0 saturated carbocycles. The minimum absolute atomic E-state index is 0.180. The van der Waals surface area contributed by atoms with Gasteiger partial charge < -0.3 is 24.3 Å². The van der Waals surface area contributed by atoms with Crippen LogP contribution in [0.25, 0.3) is 0 Å². The molecule has 0 fully saturated rings. The van der Waals surface area contributed by atoms with Crippen molar-refractivity contribution in [1.29, 1.82) is 0 Å². The van der Waals surface area contributed by atoms with Gasteiger partial charge in [-0.05, 0) is 31.2 Å². The molecule has 0 heterocycles. The first-order valence-electron chi connectivity index (χ1n) is 8.70. The van der Waals surface area contributed by atoms with Crippen LogP contribution in [0, 0.1) is 0 Å². The van der Waals surface area contributed by atoms with Crippen LogP contribution < -0.4 is 24.3 Å². The Hall–Kier alpha value is -3.33. The summed E-state index contributed by atoms with van der Waals surface area (Å²) in [5, 5.41) is 10.7. The number of halogens is 1. The van der Waals surface area contributed by atoms with E-state index >= 15 is 0 Å². The second-order valence-electron chi connectivity index (χ2n) is 5.92. The molecule has 0 bridgehead atoms. The largest absolute Gasteiger partial charge is 0.497 e. The maximum absolute atomic E-state index is 12.7. The van der Waals surface area contributed by atoms with Crippen molar-refractivity contribution in [3.8, 4) is 23.0 Å². The first-order chi connectivity index (χ1) is 14.4. The van der Waals surface area contributed by atoms with Crippen LogP contribution in [0.5, 0.6) is 23.0 Å². The molecule has 10 heteroatoms. The van der Waals surface area contributed by atoms with Gasteiger partial charge in [0.25, 0.3) is 5.91 Å². The number of hydrogen-bond acceptors (Lipinski definition) is 8. The van der Waals surface area contributed by atoms with Gasteiger partial charge in [-0.15, -0.1) is 0 Å². The fourth-order valence-electron chi connectivity index (χ4n) is 2.51. The summed E-state index contributed by atoms with van der Waals surface area (Å²) in [5.41, 5.74) is 0.565. The Balaban J connectivity index is 2.32. The lowest BCUT2D eigenvalue weighted by atomic mass is 10.2. The average Bonchev–Trinajstić information content (AvgIpc) is 2.73. The molecule has 0 saturated heterocycles. The predicted molar refractivity (Wildman–Crippen MR) is 112 cm³/mol. The summed E-state index contributed by atoms with van der Waals surface area (Å²) in [6.45, 7) is 1.24. The number of carbonyl (C=O) groups excluding carboxylic acids is 2. The van der Waals surface area contributed by atoms with Crippen LogP contribution in [0.15, 0.2) is 40.6 Å². The van der Waals surface area contributed by atoms with Crippen molar-refractivity contribution >= 4 is 34.7 Å². The summed E-state index contributed by atoms with van der Waals surface area (Å²) >= 11 is 6.21. The van der Waals surface area contributed by atoms with E-state index in [-0.39, 0.29) is 16.5 Å². The number of anilines is 1. The number of nitrogens with zero attached hydrogens (tertiary/aromatic N) is 2. The number of ketones is 1. The highest BCUT2D eigenvalue weighted by Gasteiger charge is 2.25. The number of Topliss-reactive ketones (excluding diaryl/α,β-unsaturated/α-hetero) is 1. The molecule has 1 atom stereocenters. The summed E-state index contributed by atoms with van der Waals surface area (Å²) in [7, 11) is 5.82. The molecule has 2 aromatic carbocycles. The number of nitrogens with one attached hydrogen (secondary N) is 1. The van der Waals surface area contributed by atoms with Gasteiger partial charge in [0.1, 0.15) is 28.0 Å². The average molecular weight is 436 g/mol. The SMILES string of the molecule is COc1ccc(OC)c(N=NC(C(C)=O)C(=O)Nc2ccc(OC)c(Cl)c2OC)c1. The Morgan fingerprint density at radius 3 is 2.20 bits per heavy atom. The number of rotatable bonds is 9. The zero-order valence-corrected chi connectivity index (χ0v) is 17.9. The molecule has 1 amide bonds. The number of amides is 1. The Morgan fingerprint density at radius 2 is 1.63 bits per heavy atom. The lowest BCUT2D eigenvalue weighted by Gasteiger charge is -2.15. The van der Waals surface area contributed by atoms with Crippen molar-refractivity contribution in [3.63, 3.8) is 0 Å². The molecule has 1 unspecified atom stereocenters. The quantitative estimate of drug-likeness (QED) is 0.470. The fraction of sp³-hybridized carbons (Fsp3) is 0.300. The normalized spacial score (nSPS) is 11.7. The molecule has 0 radical (unpaired) electrons. The second-order valence-corrected chi connectivity index (χ2v) is 6.30. The zero-order valence-electron chi connectivity index (χ0n) is 17.2. The van der Waals surface area contributed by atoms with Crippen LogP contribution in [0.3, 0.4) is 0 Å². The smallest absolute Gasteiger partial charge is 0.258 e. The highest BCUT2D eigenvalue weighted by molar-refractivity contribution is 6.34. The van der Waals surface area contributed by atoms with Crippen LogP contribution in [0.4, 0.5) is 11.4 Å². The molecule has 2 aromatic rings. The van der Waals surface area contributed by atoms with Crippen LogP contribution in [-0.2, 0) is 9.59 Å². The van der Waals surface area contributed by atoms with E-state index in [2.05, 4.69) is 15.5 Å². The fourth-order valence-corrected chi connectivity index (χ4v) is 2.83. The third kappa shape index (κ3) is 5.18. The van der Waals surface area contributed by atoms with Crippen LogP contribution in [0.2, 0.25) is 5.02 Å². The molecule has 30 heavy (non-hydrogen) atoms. The minimum Gasteiger partial charge on any atom is -0.497 e. The van der Waals surface area contributed by atoms with Crippen molar-refractivity contribution in [1.82, 2.24) is 0 Å². The topological polar surface area (TPSA) is 108 Å². The van der Waals surface area contributed by atoms with E-state index in [0.29, 0.717) is 22.9 Å². The number of carbonyl (C=O) groups is 2. The Kier molecular flexibility index (Phi) is 7.99. The summed E-state index contributed by atoms with van der Waals surface area (Å²) in [4.78, 5) is 24.8. The molecular weight excluding hydrogens is 414 g/mol. The summed E-state index contributed by atoms with van der Waals surface area (Å²) in [6.07, 6.45) is 0. The molecule has 0 spiro atoms. The van der Waals surface area contributed by atoms with Crippen molar-refractivity contribution in [2.24, 2.45) is 10.2 Å². The van der Waals surface area contributed by atoms with Crippen LogP contribution in [-0.4, -0.2) is 46.2 Å². The van der Waals surface area contributed by atoms with E-state index in [1.807, 2.05) is 0 Å². The molecule has 0 aromatic heterocycles. The monoisotopic (exact) mass is 435 g/mol. The maximum Gasteiger partial charge on any atom is 0.258 e. The molecular formula is C20H22ClN3O6. The van der Waals surface area contributed by atoms with E-state index in [1.54, 1.807) is 30.3 Å². The molecule has 160 valence electrons. The summed E-state index contributed by atoms with van der Waals surface area (Å²) in [6, 6.07) is 6.61. The Bertz CT molecular complexity index is 964. The van der Waals surface area contributed by atoms with Gasteiger partial charge in [-0.1, -0.05) is 11.6 Å². The third-order valence-corrected chi connectivity index (χ3v) is 4.40. The van der Waals surface area contributed by atoms with Gasteiger partial charge in [-0.2, -0.15) is 10.2 Å². The van der Waals surface area contributed by atoms with Gasteiger partial charge >= 0.3 is 0 Å². The van der Waals surface area contributed by atoms with Crippen molar-refractivity contribution in [2.45, 2.75) is 13.0 Å². The predicted octanol–water partition coefficient (Wildman–Crippen LogP) is 4.05.